The van der Waals surface area contributed by atoms with E-state index in [-0.39, 0.29) is 0 Å². The quantitative estimate of drug-likeness (QED) is 0.540. The molecule has 1 N–H and O–H groups in total. The smallest absolute Gasteiger partial charge is 0.0624 e. The first-order chi connectivity index (χ1) is 5.86. The molecule has 1 aliphatic rings. The summed E-state index contributed by atoms with van der Waals surface area (Å²) in [5, 5.41) is 8.52. The van der Waals surface area contributed by atoms with Gasteiger partial charge in [-0.3, -0.25) is 0 Å². The number of halogens is 1. The molecule has 1 unspecified atom stereocenters. The fourth-order valence-electron chi connectivity index (χ4n) is 1.61. The molecule has 0 bridgehead atoms. The van der Waals surface area contributed by atoms with Gasteiger partial charge in [-0.15, -0.1) is 0 Å². The van der Waals surface area contributed by atoms with Gasteiger partial charge in [-0.2, -0.15) is 5.26 Å². The molecule has 1 aliphatic carbocycles. The Hall–Kier alpha value is -0.520. The molecule has 2 nitrogen and oxygen atoms in total. The van der Waals surface area contributed by atoms with E-state index in [1.54, 1.807) is 0 Å². The predicted molar refractivity (Wildman–Crippen MR) is 49.5 cm³/mol. The Morgan fingerprint density at radius 2 is 2.58 bits per heavy atom. The molecule has 3 heteroatoms. The van der Waals surface area contributed by atoms with Gasteiger partial charge < -0.3 is 0 Å². The van der Waals surface area contributed by atoms with Crippen LogP contribution in [0.25, 0.3) is 0 Å². The molecule has 0 aromatic rings. The Labute approximate surface area is 78.3 Å². The highest BCUT2D eigenvalue weighted by molar-refractivity contribution is 6.13. The summed E-state index contributed by atoms with van der Waals surface area (Å²) in [7, 11) is 0. The van der Waals surface area contributed by atoms with Crippen LogP contribution in [-0.4, -0.2) is 6.54 Å². The lowest BCUT2D eigenvalue weighted by atomic mass is 9.87. The number of nitrogens with zero attached hydrogens (tertiary/aromatic N) is 1. The summed E-state index contributed by atoms with van der Waals surface area (Å²) >= 11 is 5.40. The normalized spacial score (nSPS) is 23.0. The number of hydrogen-bond acceptors (Lipinski definition) is 2. The van der Waals surface area contributed by atoms with Crippen molar-refractivity contribution in [3.05, 3.63) is 11.6 Å². The van der Waals surface area contributed by atoms with Gasteiger partial charge in [-0.1, -0.05) is 11.6 Å². The third-order valence-electron chi connectivity index (χ3n) is 2.23. The van der Waals surface area contributed by atoms with Gasteiger partial charge in [0.05, 0.1) is 6.07 Å². The number of nitrogens with one attached hydrogen (secondary N) is 1. The lowest BCUT2D eigenvalue weighted by molar-refractivity contribution is 0.470. The molecule has 0 radical (unpaired) electrons. The highest BCUT2D eigenvalue weighted by Gasteiger charge is 2.14. The van der Waals surface area contributed by atoms with E-state index in [0.717, 1.165) is 25.8 Å². The number of allylic oxidation sites excluding steroid dienone is 1. The summed E-state index contributed by atoms with van der Waals surface area (Å²) in [6, 6.07) is 2.22. The van der Waals surface area contributed by atoms with Crippen LogP contribution in [0.15, 0.2) is 11.6 Å². The van der Waals surface area contributed by atoms with E-state index in [4.69, 9.17) is 17.0 Å². The molecular formula is C9H13ClN2. The lowest BCUT2D eigenvalue weighted by Gasteiger charge is -2.19. The fourth-order valence-corrected chi connectivity index (χ4v) is 1.78. The van der Waals surface area contributed by atoms with E-state index >= 15 is 0 Å². The van der Waals surface area contributed by atoms with Crippen LogP contribution < -0.4 is 4.84 Å². The molecule has 1 rings (SSSR count). The van der Waals surface area contributed by atoms with Gasteiger partial charge in [0, 0.05) is 13.0 Å². The van der Waals surface area contributed by atoms with Crippen LogP contribution in [0.3, 0.4) is 0 Å². The minimum absolute atomic E-state index is 0.556. The molecule has 0 aliphatic heterocycles. The lowest BCUT2D eigenvalue weighted by Crippen LogP contribution is -2.13. The van der Waals surface area contributed by atoms with Gasteiger partial charge in [0.15, 0.2) is 0 Å². The summed E-state index contributed by atoms with van der Waals surface area (Å²) in [6.45, 7) is 0.753. The van der Waals surface area contributed by atoms with Gasteiger partial charge >= 0.3 is 0 Å². The molecule has 0 heterocycles. The van der Waals surface area contributed by atoms with E-state index in [0.29, 0.717) is 12.3 Å². The van der Waals surface area contributed by atoms with Crippen molar-refractivity contribution in [2.24, 2.45) is 5.92 Å². The van der Waals surface area contributed by atoms with E-state index < -0.39 is 0 Å². The van der Waals surface area contributed by atoms with E-state index in [9.17, 15) is 0 Å². The molecule has 1 atom stereocenters. The maximum absolute atomic E-state index is 8.52. The van der Waals surface area contributed by atoms with Crippen molar-refractivity contribution < 1.29 is 0 Å². The van der Waals surface area contributed by atoms with Crippen LogP contribution in [0.4, 0.5) is 0 Å². The maximum Gasteiger partial charge on any atom is 0.0624 e. The Morgan fingerprint density at radius 3 is 3.25 bits per heavy atom. The Morgan fingerprint density at radius 1 is 1.75 bits per heavy atom. The van der Waals surface area contributed by atoms with Gasteiger partial charge in [-0.05, 0) is 37.0 Å². The monoisotopic (exact) mass is 184 g/mol. The van der Waals surface area contributed by atoms with Crippen molar-refractivity contribution in [2.75, 3.05) is 6.54 Å². The predicted octanol–water partition coefficient (Wildman–Crippen LogP) is 2.37. The highest BCUT2D eigenvalue weighted by Crippen LogP contribution is 2.25. The van der Waals surface area contributed by atoms with Crippen molar-refractivity contribution in [2.45, 2.75) is 25.7 Å². The van der Waals surface area contributed by atoms with Crippen LogP contribution in [0.5, 0.6) is 0 Å². The average molecular weight is 185 g/mol. The number of nitriles is 1. The summed E-state index contributed by atoms with van der Waals surface area (Å²) in [4.78, 5) is 2.62. The molecule has 0 spiro atoms. The Balaban J connectivity index is 2.37. The zero-order valence-corrected chi connectivity index (χ0v) is 7.77. The minimum Gasteiger partial charge on any atom is -0.229 e. The molecule has 0 aromatic heterocycles. The van der Waals surface area contributed by atoms with Crippen LogP contribution >= 0.6 is 11.8 Å². The number of hydrogen-bond donors (Lipinski definition) is 1. The second kappa shape index (κ2) is 5.18. The molecule has 12 heavy (non-hydrogen) atoms. The summed E-state index contributed by atoms with van der Waals surface area (Å²) in [6.07, 6.45) is 6.19. The van der Waals surface area contributed by atoms with E-state index in [2.05, 4.69) is 17.0 Å². The van der Waals surface area contributed by atoms with Crippen LogP contribution in [0, 0.1) is 17.2 Å². The average Bonchev–Trinajstić information content (AvgIpc) is 2.06. The number of rotatable bonds is 3. The Kier molecular flexibility index (Phi) is 4.13. The minimum atomic E-state index is 0.556. The zero-order valence-electron chi connectivity index (χ0n) is 7.02. The first kappa shape index (κ1) is 9.57. The summed E-state index contributed by atoms with van der Waals surface area (Å²) in [5.41, 5.74) is 1.34. The molecule has 0 amide bonds. The van der Waals surface area contributed by atoms with Crippen molar-refractivity contribution in [3.63, 3.8) is 0 Å². The first-order valence-electron chi connectivity index (χ1n) is 4.25. The van der Waals surface area contributed by atoms with Crippen molar-refractivity contribution in [3.8, 4) is 6.07 Å². The fraction of sp³-hybridized carbons (Fsp3) is 0.667. The maximum atomic E-state index is 8.52. The molecule has 0 aromatic carbocycles. The van der Waals surface area contributed by atoms with E-state index in [1.165, 1.54) is 5.57 Å². The van der Waals surface area contributed by atoms with Gasteiger partial charge in [0.2, 0.25) is 0 Å². The van der Waals surface area contributed by atoms with Crippen LogP contribution in [0.2, 0.25) is 0 Å². The van der Waals surface area contributed by atoms with Gasteiger partial charge in [0.1, 0.15) is 0 Å². The second-order valence-electron chi connectivity index (χ2n) is 3.18. The zero-order chi connectivity index (χ0) is 8.81. The Bertz CT molecular complexity index is 205. The summed E-state index contributed by atoms with van der Waals surface area (Å²) < 4.78 is 0. The van der Waals surface area contributed by atoms with Crippen molar-refractivity contribution in [1.82, 2.24) is 4.84 Å². The van der Waals surface area contributed by atoms with Crippen LogP contribution in [0.1, 0.15) is 25.7 Å². The first-order valence-corrected chi connectivity index (χ1v) is 4.63. The molecular weight excluding hydrogens is 172 g/mol. The highest BCUT2D eigenvalue weighted by atomic mass is 35.5. The topological polar surface area (TPSA) is 35.8 Å². The molecule has 0 saturated heterocycles. The SMILES string of the molecule is N#CCC1CCC=C(CNCl)C1. The third kappa shape index (κ3) is 2.84. The van der Waals surface area contributed by atoms with Crippen molar-refractivity contribution in [1.29, 1.82) is 5.26 Å². The van der Waals surface area contributed by atoms with Gasteiger partial charge in [-0.25, -0.2) is 4.84 Å². The largest absolute Gasteiger partial charge is 0.229 e. The molecule has 0 saturated carbocycles. The van der Waals surface area contributed by atoms with Crippen molar-refractivity contribution >= 4 is 11.8 Å². The standard InChI is InChI=1S/C9H13ClN2/c10-12-7-9-3-1-2-8(6-9)4-5-11/h3,8,12H,1-2,4,6-7H2. The molecule has 0 fully saturated rings. The van der Waals surface area contributed by atoms with Crippen LogP contribution in [-0.2, 0) is 0 Å². The van der Waals surface area contributed by atoms with Gasteiger partial charge in [0.25, 0.3) is 0 Å². The second-order valence-corrected chi connectivity index (χ2v) is 3.45. The van der Waals surface area contributed by atoms with E-state index in [1.807, 2.05) is 0 Å². The third-order valence-corrected chi connectivity index (χ3v) is 2.37. The molecule has 66 valence electrons. The summed E-state index contributed by atoms with van der Waals surface area (Å²) in [5.74, 6) is 0.556.